The maximum Gasteiger partial charge on any atom is 0.269 e. The number of benzene rings is 5. The lowest BCUT2D eigenvalue weighted by atomic mass is 9.81. The second-order valence-electron chi connectivity index (χ2n) is 23.3. The van der Waals surface area contributed by atoms with Gasteiger partial charge >= 0.3 is 0 Å². The number of nitrogens with one attached hydrogen (secondary N) is 1. The van der Waals surface area contributed by atoms with Crippen LogP contribution < -0.4 is 35.0 Å². The lowest BCUT2D eigenvalue weighted by Gasteiger charge is -2.44. The van der Waals surface area contributed by atoms with Gasteiger partial charge in [0, 0.05) is 110 Å². The maximum atomic E-state index is 17.3. The van der Waals surface area contributed by atoms with Crippen LogP contribution in [0.5, 0.6) is 11.5 Å². The van der Waals surface area contributed by atoms with Gasteiger partial charge in [0.15, 0.2) is 28.8 Å². The largest absolute Gasteiger partial charge is 0.455 e. The molecule has 10 rings (SSSR count). The summed E-state index contributed by atoms with van der Waals surface area (Å²) in [5, 5.41) is 3.10. The lowest BCUT2D eigenvalue weighted by molar-refractivity contribution is -0.121. The first-order chi connectivity index (χ1) is 40.8. The van der Waals surface area contributed by atoms with Crippen molar-refractivity contribution in [1.29, 1.82) is 0 Å². The van der Waals surface area contributed by atoms with Crippen LogP contribution in [0, 0.1) is 35.1 Å². The zero-order chi connectivity index (χ0) is 62.9. The van der Waals surface area contributed by atoms with Gasteiger partial charge in [-0.25, -0.2) is 22.1 Å². The molecule has 0 radical (unpaired) electrons. The van der Waals surface area contributed by atoms with Crippen molar-refractivity contribution in [3.63, 3.8) is 0 Å². The molecule has 5 heterocycles. The van der Waals surface area contributed by atoms with Gasteiger partial charge in [0.1, 0.15) is 29.5 Å². The topological polar surface area (TPSA) is 248 Å². The highest BCUT2D eigenvalue weighted by Gasteiger charge is 2.44. The van der Waals surface area contributed by atoms with Crippen LogP contribution in [0.25, 0.3) is 16.7 Å². The normalized spacial score (nSPS) is 16.2. The summed E-state index contributed by atoms with van der Waals surface area (Å²) in [7, 11) is -13.4. The first-order valence-corrected chi connectivity index (χ1v) is 32.8. The first-order valence-electron chi connectivity index (χ1n) is 28.0. The Morgan fingerprint density at radius 3 is 2.10 bits per heavy atom. The summed E-state index contributed by atoms with van der Waals surface area (Å²) in [4.78, 5) is 45.6. The first kappa shape index (κ1) is 62.3. The summed E-state index contributed by atoms with van der Waals surface area (Å²) in [6, 6.07) is 19.1. The number of fused-ring (bicyclic) bond motifs is 6. The Morgan fingerprint density at radius 1 is 0.747 bits per heavy atom. The molecular formula is C62H62F4N5O13S3+. The number of nitrogens with zero attached hydrogens (tertiary/aromatic N) is 4. The van der Waals surface area contributed by atoms with Crippen molar-refractivity contribution < 1.29 is 75.6 Å². The van der Waals surface area contributed by atoms with Crippen LogP contribution in [0.1, 0.15) is 121 Å². The highest BCUT2D eigenvalue weighted by Crippen LogP contribution is 2.49. The van der Waals surface area contributed by atoms with Crippen LogP contribution in [0.15, 0.2) is 78.9 Å². The Bertz CT molecular complexity index is 4420. The van der Waals surface area contributed by atoms with E-state index in [0.29, 0.717) is 71.5 Å². The molecule has 3 amide bonds. The molecule has 5 aliphatic rings. The van der Waals surface area contributed by atoms with Crippen molar-refractivity contribution in [3.05, 3.63) is 163 Å². The summed E-state index contributed by atoms with van der Waals surface area (Å²) >= 11 is 0. The zero-order valence-electron chi connectivity index (χ0n) is 48.1. The Labute approximate surface area is 500 Å². The average Bonchev–Trinajstić information content (AvgIpc) is 0.711. The molecule has 0 saturated heterocycles. The Morgan fingerprint density at radius 2 is 1.40 bits per heavy atom. The molecule has 458 valence electrons. The number of anilines is 2. The summed E-state index contributed by atoms with van der Waals surface area (Å²) in [5.41, 5.74) is -1.29. The summed E-state index contributed by atoms with van der Waals surface area (Å²) < 4.78 is 180. The average molecular weight is 1260 g/mol. The number of carbonyl (C=O) groups is 3. The van der Waals surface area contributed by atoms with Crippen LogP contribution in [0.2, 0.25) is 0 Å². The molecule has 0 atom stereocenters. The minimum atomic E-state index is -4.84. The van der Waals surface area contributed by atoms with E-state index in [9.17, 15) is 53.3 Å². The summed E-state index contributed by atoms with van der Waals surface area (Å²) in [6.07, 6.45) is 5.29. The third kappa shape index (κ3) is 12.7. The van der Waals surface area contributed by atoms with Gasteiger partial charge in [-0.3, -0.25) is 28.0 Å². The Kier molecular flexibility index (Phi) is 16.8. The highest BCUT2D eigenvalue weighted by molar-refractivity contribution is 7.86. The number of hydrogen-bond donors (Lipinski definition) is 4. The van der Waals surface area contributed by atoms with E-state index in [2.05, 4.69) is 17.2 Å². The van der Waals surface area contributed by atoms with Gasteiger partial charge in [0.25, 0.3) is 36.3 Å². The second kappa shape index (κ2) is 23.4. The van der Waals surface area contributed by atoms with Crippen molar-refractivity contribution in [3.8, 4) is 23.3 Å². The van der Waals surface area contributed by atoms with Crippen LogP contribution in [-0.4, -0.2) is 123 Å². The van der Waals surface area contributed by atoms with E-state index in [1.54, 1.807) is 30.9 Å². The van der Waals surface area contributed by atoms with Gasteiger partial charge in [0.05, 0.1) is 40.2 Å². The highest BCUT2D eigenvalue weighted by atomic mass is 32.2. The van der Waals surface area contributed by atoms with Crippen LogP contribution in [-0.2, 0) is 52.9 Å². The van der Waals surface area contributed by atoms with E-state index < -0.39 is 111 Å². The third-order valence-electron chi connectivity index (χ3n) is 16.3. The fraction of sp³-hybridized carbons (Fsp3) is 0.355. The molecular weight excluding hydrogens is 1190 g/mol. The van der Waals surface area contributed by atoms with Gasteiger partial charge in [-0.05, 0) is 86.2 Å². The molecule has 4 N–H and O–H groups in total. The van der Waals surface area contributed by atoms with Gasteiger partial charge in [-0.2, -0.15) is 25.3 Å². The summed E-state index contributed by atoms with van der Waals surface area (Å²) in [6.45, 7) is 7.37. The second-order valence-corrected chi connectivity index (χ2v) is 27.8. The lowest BCUT2D eigenvalue weighted by Crippen LogP contribution is -2.53. The molecule has 0 unspecified atom stereocenters. The van der Waals surface area contributed by atoms with E-state index in [-0.39, 0.29) is 88.7 Å². The SMILES string of the molecule is CN(CCS(=O)(=O)O)C(=O)c1c(F)c(F)c(F)c(F)c1C1=c2cc3c4c(c2Oc2cc5c(cc21)C(CS(=O)(=O)O)=CC(C)(C)N5CCCCCC(=O)NCCC(=O)N1Cc2ccccc2C#Cc2ccccc21)CCC[N+]=4C(C)(C)C=C3CS(=O)(=O)O. The number of unbranched alkanes of at least 4 members (excludes halogenated alkanes) is 2. The number of amides is 3. The molecule has 18 nitrogen and oxygen atoms in total. The Hall–Kier alpha value is -7.73. The predicted molar refractivity (Wildman–Crippen MR) is 318 cm³/mol. The molecule has 0 saturated carbocycles. The maximum absolute atomic E-state index is 17.3. The van der Waals surface area contributed by atoms with Crippen molar-refractivity contribution >= 4 is 76.2 Å². The number of rotatable bonds is 18. The van der Waals surface area contributed by atoms with Crippen molar-refractivity contribution in [2.24, 2.45) is 0 Å². The van der Waals surface area contributed by atoms with Gasteiger partial charge in [0.2, 0.25) is 17.2 Å². The standard InChI is InChI=1S/C62H61F4N5O13S3/c1-61(2)31-39(34-86(78,79)80)42-28-44-48(30-47(42)70(61)24-12-6-7-19-49(72)67-23-22-50(73)69-33-38-16-9-8-14-36(38)20-21-37-15-10-11-18-46(37)69)84-59-41-17-13-25-71-58(41)43(40(32-62(71,3)4)35-87(81,82)83)29-45(59)51(44)52-53(55(64)57(66)56(65)54(52)63)60(74)68(5)26-27-85(75,76)77/h8-11,14-16,18,28-32H,6-7,12-13,17,19,22-27,33-35H2,1-5H3,(H3-,67,72,75,76,77,78,79,80,81,82,83)/p+1. The molecule has 0 fully saturated rings. The minimum Gasteiger partial charge on any atom is -0.455 e. The van der Waals surface area contributed by atoms with Gasteiger partial charge in [-0.15, -0.1) is 0 Å². The molecule has 25 heteroatoms. The summed E-state index contributed by atoms with van der Waals surface area (Å²) in [5.74, 6) is -7.95. The molecule has 0 aliphatic carbocycles. The van der Waals surface area contributed by atoms with Crippen molar-refractivity contribution in [2.45, 2.75) is 90.3 Å². The van der Waals surface area contributed by atoms with Gasteiger partial charge in [-0.1, -0.05) is 54.7 Å². The molecule has 87 heavy (non-hydrogen) atoms. The minimum absolute atomic E-state index is 0.000791. The molecule has 0 bridgehead atoms. The van der Waals surface area contributed by atoms with E-state index in [4.69, 9.17) is 4.74 Å². The molecule has 5 aromatic carbocycles. The monoisotopic (exact) mass is 1260 g/mol. The predicted octanol–water partition coefficient (Wildman–Crippen LogP) is 6.94. The smallest absolute Gasteiger partial charge is 0.269 e. The molecule has 0 spiro atoms. The van der Waals surface area contributed by atoms with E-state index in [1.807, 2.05) is 71.9 Å². The fourth-order valence-corrected chi connectivity index (χ4v) is 14.1. The Balaban J connectivity index is 1.02. The van der Waals surface area contributed by atoms with Crippen molar-refractivity contribution in [2.75, 3.05) is 60.3 Å². The number of hydrogen-bond acceptors (Lipinski definition) is 11. The molecule has 0 aromatic heterocycles. The third-order valence-corrected chi connectivity index (χ3v) is 18.3. The molecule has 5 aromatic rings. The number of ether oxygens (including phenoxy) is 1. The van der Waals surface area contributed by atoms with E-state index in [0.717, 1.165) is 18.2 Å². The van der Waals surface area contributed by atoms with Crippen LogP contribution >= 0.6 is 0 Å². The van der Waals surface area contributed by atoms with Crippen LogP contribution in [0.4, 0.5) is 28.9 Å². The zero-order valence-corrected chi connectivity index (χ0v) is 50.5. The number of carbonyl (C=O) groups excluding carboxylic acids is 3. The van der Waals surface area contributed by atoms with E-state index in [1.165, 1.54) is 18.2 Å². The number of para-hydroxylation sites is 1. The van der Waals surface area contributed by atoms with Crippen LogP contribution in [0.3, 0.4) is 0 Å². The quantitative estimate of drug-likeness (QED) is 0.0130. The fourth-order valence-electron chi connectivity index (χ4n) is 12.4. The van der Waals surface area contributed by atoms with E-state index >= 15 is 17.6 Å². The molecule has 5 aliphatic heterocycles. The number of halogens is 4. The van der Waals surface area contributed by atoms with Crippen molar-refractivity contribution in [1.82, 2.24) is 14.8 Å². The van der Waals surface area contributed by atoms with Gasteiger partial charge < -0.3 is 24.8 Å².